The zero-order valence-electron chi connectivity index (χ0n) is 18.1. The summed E-state index contributed by atoms with van der Waals surface area (Å²) in [4.78, 5) is 16.3. The lowest BCUT2D eigenvalue weighted by molar-refractivity contribution is 0.311. The first-order valence-corrected chi connectivity index (χ1v) is 10.8. The minimum absolute atomic E-state index is 0.730. The maximum absolute atomic E-state index is 4.69. The van der Waals surface area contributed by atoms with Gasteiger partial charge in [-0.3, -0.25) is 4.99 Å². The van der Waals surface area contributed by atoms with Crippen molar-refractivity contribution < 1.29 is 0 Å². The van der Waals surface area contributed by atoms with E-state index in [9.17, 15) is 0 Å². The minimum Gasteiger partial charge on any atom is -0.354 e. The van der Waals surface area contributed by atoms with E-state index in [2.05, 4.69) is 74.5 Å². The van der Waals surface area contributed by atoms with Gasteiger partial charge in [0.25, 0.3) is 0 Å². The maximum atomic E-state index is 4.69. The van der Waals surface area contributed by atoms with Gasteiger partial charge < -0.3 is 20.0 Å². The Morgan fingerprint density at radius 3 is 2.53 bits per heavy atom. The average molecular weight is 405 g/mol. The second-order valence-electron chi connectivity index (χ2n) is 7.97. The number of hydrogen-bond acceptors (Lipinski definition) is 4. The number of benzene rings is 1. The van der Waals surface area contributed by atoms with Crippen LogP contribution >= 0.6 is 0 Å². The van der Waals surface area contributed by atoms with Crippen LogP contribution in [0.15, 0.2) is 59.7 Å². The quantitative estimate of drug-likeness (QED) is 0.627. The molecule has 30 heavy (non-hydrogen) atoms. The highest BCUT2D eigenvalue weighted by Crippen LogP contribution is 2.22. The summed E-state index contributed by atoms with van der Waals surface area (Å²) >= 11 is 0. The molecule has 1 fully saturated rings. The van der Waals surface area contributed by atoms with E-state index in [4.69, 9.17) is 4.98 Å². The molecule has 158 valence electrons. The van der Waals surface area contributed by atoms with Crippen molar-refractivity contribution >= 4 is 17.4 Å². The Labute approximate surface area is 179 Å². The van der Waals surface area contributed by atoms with Crippen molar-refractivity contribution in [3.63, 3.8) is 0 Å². The molecule has 3 heterocycles. The smallest absolute Gasteiger partial charge is 0.194 e. The molecule has 1 N–H and O–H groups in total. The third kappa shape index (κ3) is 4.82. The third-order valence-electron chi connectivity index (χ3n) is 5.97. The summed E-state index contributed by atoms with van der Waals surface area (Å²) in [6.45, 7) is 6.78. The van der Waals surface area contributed by atoms with Crippen LogP contribution in [-0.4, -0.2) is 74.1 Å². The normalized spacial score (nSPS) is 18.3. The van der Waals surface area contributed by atoms with Crippen LogP contribution in [-0.2, 0) is 6.54 Å². The third-order valence-corrected chi connectivity index (χ3v) is 5.97. The molecular weight excluding hydrogens is 372 g/mol. The second-order valence-corrected chi connectivity index (χ2v) is 7.97. The van der Waals surface area contributed by atoms with E-state index < -0.39 is 0 Å². The summed E-state index contributed by atoms with van der Waals surface area (Å²) < 4.78 is 0. The SMILES string of the molecule is CN=C(NCc1cccnc1N1CCN(C)CC1)N1CC=C(c2ccccc2)CC1. The van der Waals surface area contributed by atoms with Crippen molar-refractivity contribution in [2.75, 3.05) is 58.3 Å². The average Bonchev–Trinajstić information content (AvgIpc) is 2.81. The molecule has 0 atom stereocenters. The molecule has 1 aromatic heterocycles. The number of hydrogen-bond donors (Lipinski definition) is 1. The van der Waals surface area contributed by atoms with Crippen LogP contribution in [0.25, 0.3) is 5.57 Å². The van der Waals surface area contributed by atoms with E-state index in [0.717, 1.165) is 64.0 Å². The summed E-state index contributed by atoms with van der Waals surface area (Å²) in [7, 11) is 4.04. The van der Waals surface area contributed by atoms with Crippen molar-refractivity contribution in [3.8, 4) is 0 Å². The summed E-state index contributed by atoms with van der Waals surface area (Å²) in [6, 6.07) is 14.9. The van der Waals surface area contributed by atoms with Gasteiger partial charge in [-0.05, 0) is 30.7 Å². The molecule has 6 nitrogen and oxygen atoms in total. The van der Waals surface area contributed by atoms with Crippen molar-refractivity contribution in [2.24, 2.45) is 4.99 Å². The fraction of sp³-hybridized carbons (Fsp3) is 0.417. The van der Waals surface area contributed by atoms with Crippen molar-refractivity contribution in [1.82, 2.24) is 20.1 Å². The largest absolute Gasteiger partial charge is 0.354 e. The number of nitrogens with one attached hydrogen (secondary N) is 1. The zero-order chi connectivity index (χ0) is 20.8. The topological polar surface area (TPSA) is 47.0 Å². The van der Waals surface area contributed by atoms with Crippen LogP contribution in [0.2, 0.25) is 0 Å². The van der Waals surface area contributed by atoms with Gasteiger partial charge in [-0.2, -0.15) is 0 Å². The first-order valence-electron chi connectivity index (χ1n) is 10.8. The molecule has 0 saturated carbocycles. The Balaban J connectivity index is 1.38. The molecule has 0 unspecified atom stereocenters. The van der Waals surface area contributed by atoms with Crippen LogP contribution in [0.3, 0.4) is 0 Å². The van der Waals surface area contributed by atoms with Gasteiger partial charge >= 0.3 is 0 Å². The highest BCUT2D eigenvalue weighted by molar-refractivity contribution is 5.81. The number of pyridine rings is 1. The number of likely N-dealkylation sites (N-methyl/N-ethyl adjacent to an activating group) is 1. The molecule has 2 aliphatic rings. The molecule has 4 rings (SSSR count). The van der Waals surface area contributed by atoms with Gasteiger partial charge in [0.15, 0.2) is 5.96 Å². The van der Waals surface area contributed by atoms with E-state index >= 15 is 0 Å². The zero-order valence-corrected chi connectivity index (χ0v) is 18.1. The molecule has 1 aromatic carbocycles. The standard InChI is InChI=1S/C24H32N6/c1-25-24(30-13-10-21(11-14-30)20-7-4-3-5-8-20)27-19-22-9-6-12-26-23(22)29-17-15-28(2)16-18-29/h3-10,12H,11,13-19H2,1-2H3,(H,25,27). The highest BCUT2D eigenvalue weighted by Gasteiger charge is 2.19. The van der Waals surface area contributed by atoms with Gasteiger partial charge in [-0.15, -0.1) is 0 Å². The Hall–Kier alpha value is -2.86. The van der Waals surface area contributed by atoms with Crippen LogP contribution in [0.5, 0.6) is 0 Å². The molecule has 0 amide bonds. The first kappa shape index (κ1) is 20.4. The van der Waals surface area contributed by atoms with E-state index in [0.29, 0.717) is 0 Å². The Kier molecular flexibility index (Phi) is 6.64. The summed E-state index contributed by atoms with van der Waals surface area (Å²) in [5.74, 6) is 2.05. The monoisotopic (exact) mass is 404 g/mol. The van der Waals surface area contributed by atoms with Gasteiger partial charge in [0, 0.05) is 64.6 Å². The number of aromatic nitrogens is 1. The lowest BCUT2D eigenvalue weighted by Gasteiger charge is -2.34. The number of nitrogens with zero attached hydrogens (tertiary/aromatic N) is 5. The van der Waals surface area contributed by atoms with Gasteiger partial charge in [0.2, 0.25) is 0 Å². The number of piperazine rings is 1. The van der Waals surface area contributed by atoms with Gasteiger partial charge in [0.1, 0.15) is 5.82 Å². The summed E-state index contributed by atoms with van der Waals surface area (Å²) in [5.41, 5.74) is 3.97. The minimum atomic E-state index is 0.730. The van der Waals surface area contributed by atoms with Gasteiger partial charge in [-0.1, -0.05) is 42.5 Å². The molecule has 0 aliphatic carbocycles. The number of rotatable bonds is 4. The van der Waals surface area contributed by atoms with Crippen molar-refractivity contribution in [3.05, 3.63) is 65.9 Å². The van der Waals surface area contributed by atoms with E-state index in [-0.39, 0.29) is 0 Å². The molecule has 6 heteroatoms. The fourth-order valence-corrected chi connectivity index (χ4v) is 4.15. The lowest BCUT2D eigenvalue weighted by atomic mass is 10.00. The molecule has 2 aromatic rings. The van der Waals surface area contributed by atoms with Gasteiger partial charge in [0.05, 0.1) is 0 Å². The lowest BCUT2D eigenvalue weighted by Crippen LogP contribution is -2.46. The molecule has 0 bridgehead atoms. The molecular formula is C24H32N6. The summed E-state index contributed by atoms with van der Waals surface area (Å²) in [5, 5.41) is 3.57. The Morgan fingerprint density at radius 1 is 1.03 bits per heavy atom. The maximum Gasteiger partial charge on any atom is 0.194 e. The second kappa shape index (κ2) is 9.76. The molecule has 0 spiro atoms. The number of guanidine groups is 1. The highest BCUT2D eigenvalue weighted by atomic mass is 15.3. The fourth-order valence-electron chi connectivity index (χ4n) is 4.15. The number of anilines is 1. The van der Waals surface area contributed by atoms with Crippen LogP contribution in [0, 0.1) is 0 Å². The van der Waals surface area contributed by atoms with Crippen LogP contribution in [0.1, 0.15) is 17.5 Å². The first-order chi connectivity index (χ1) is 14.7. The number of aliphatic imine (C=N–C) groups is 1. The van der Waals surface area contributed by atoms with E-state index in [1.54, 1.807) is 0 Å². The van der Waals surface area contributed by atoms with Crippen LogP contribution < -0.4 is 10.2 Å². The predicted molar refractivity (Wildman–Crippen MR) is 125 cm³/mol. The van der Waals surface area contributed by atoms with Crippen molar-refractivity contribution in [2.45, 2.75) is 13.0 Å². The van der Waals surface area contributed by atoms with Crippen molar-refractivity contribution in [1.29, 1.82) is 0 Å². The summed E-state index contributed by atoms with van der Waals surface area (Å²) in [6.07, 6.45) is 5.25. The Morgan fingerprint density at radius 2 is 1.83 bits per heavy atom. The van der Waals surface area contributed by atoms with Crippen LogP contribution in [0.4, 0.5) is 5.82 Å². The van der Waals surface area contributed by atoms with E-state index in [1.165, 1.54) is 16.7 Å². The van der Waals surface area contributed by atoms with Gasteiger partial charge in [-0.25, -0.2) is 4.98 Å². The Bertz CT molecular complexity index is 884. The molecule has 0 radical (unpaired) electrons. The molecule has 2 aliphatic heterocycles. The molecule has 1 saturated heterocycles. The predicted octanol–water partition coefficient (Wildman–Crippen LogP) is 2.70. The van der Waals surface area contributed by atoms with E-state index in [1.807, 2.05) is 19.3 Å².